The molecule has 1 fully saturated rings. The highest BCUT2D eigenvalue weighted by Crippen LogP contribution is 2.40. The van der Waals surface area contributed by atoms with Crippen LogP contribution in [-0.2, 0) is 0 Å². The van der Waals surface area contributed by atoms with E-state index in [1.807, 2.05) is 13.0 Å². The molecule has 0 bridgehead atoms. The van der Waals surface area contributed by atoms with E-state index in [1.54, 1.807) is 6.08 Å². The normalized spacial score (nSPS) is 21.6. The number of amides is 1. The maximum Gasteiger partial charge on any atom is 0.391 e. The molecule has 0 spiro atoms. The highest BCUT2D eigenvalue weighted by atomic mass is 19.4. The Hall–Kier alpha value is -2.09. The number of halogens is 3. The van der Waals surface area contributed by atoms with Crippen LogP contribution in [-0.4, -0.2) is 35.9 Å². The van der Waals surface area contributed by atoms with Crippen molar-refractivity contribution in [2.45, 2.75) is 51.1 Å². The fourth-order valence-electron chi connectivity index (χ4n) is 3.76. The van der Waals surface area contributed by atoms with Crippen molar-refractivity contribution >= 4 is 12.0 Å². The van der Waals surface area contributed by atoms with Gasteiger partial charge in [-0.05, 0) is 43.6 Å². The SMILES string of the molecule is CC[C@@H](CO)c1c(C(N)=O)ncc(OC)c1/C=C/C1CCC(C(F)(F)F)CC1. The third-order valence-corrected chi connectivity index (χ3v) is 5.47. The molecule has 2 rings (SSSR count). The van der Waals surface area contributed by atoms with Gasteiger partial charge in [-0.3, -0.25) is 4.79 Å². The minimum absolute atomic E-state index is 0.00977. The number of alkyl halides is 3. The number of carbonyl (C=O) groups is 1. The molecular formula is C20H27F3N2O3. The summed E-state index contributed by atoms with van der Waals surface area (Å²) >= 11 is 0. The van der Waals surface area contributed by atoms with E-state index in [9.17, 15) is 23.1 Å². The summed E-state index contributed by atoms with van der Waals surface area (Å²) in [7, 11) is 1.47. The molecule has 156 valence electrons. The molecule has 1 atom stereocenters. The van der Waals surface area contributed by atoms with Crippen LogP contribution >= 0.6 is 0 Å². The fourth-order valence-corrected chi connectivity index (χ4v) is 3.76. The Kier molecular flexibility index (Phi) is 7.46. The number of aliphatic hydroxyl groups is 1. The van der Waals surface area contributed by atoms with Crippen LogP contribution in [0.25, 0.3) is 6.08 Å². The molecule has 3 N–H and O–H groups in total. The topological polar surface area (TPSA) is 85.4 Å². The first-order chi connectivity index (χ1) is 13.2. The maximum absolute atomic E-state index is 12.8. The number of rotatable bonds is 7. The summed E-state index contributed by atoms with van der Waals surface area (Å²) in [5, 5.41) is 9.74. The minimum atomic E-state index is -4.14. The third-order valence-electron chi connectivity index (χ3n) is 5.47. The summed E-state index contributed by atoms with van der Waals surface area (Å²) < 4.78 is 43.9. The van der Waals surface area contributed by atoms with Gasteiger partial charge in [-0.25, -0.2) is 4.98 Å². The minimum Gasteiger partial charge on any atom is -0.495 e. The Morgan fingerprint density at radius 2 is 2.04 bits per heavy atom. The molecular weight excluding hydrogens is 373 g/mol. The Balaban J connectivity index is 2.34. The van der Waals surface area contributed by atoms with Gasteiger partial charge >= 0.3 is 6.18 Å². The molecule has 0 aromatic carbocycles. The standard InChI is InChI=1S/C20H27F3N2O3/c1-3-13(11-26)17-15(16(28-2)10-25-18(17)19(24)27)9-6-12-4-7-14(8-5-12)20(21,22)23/h6,9-10,12-14,26H,3-5,7-8,11H2,1-2H3,(H2,24,27)/b9-6+/t12?,13-,14?/m0/s1. The van der Waals surface area contributed by atoms with Gasteiger partial charge in [-0.1, -0.05) is 19.1 Å². The van der Waals surface area contributed by atoms with E-state index >= 15 is 0 Å². The van der Waals surface area contributed by atoms with Crippen LogP contribution in [0.3, 0.4) is 0 Å². The lowest BCUT2D eigenvalue weighted by atomic mass is 9.81. The molecule has 0 radical (unpaired) electrons. The van der Waals surface area contributed by atoms with Gasteiger partial charge in [0.25, 0.3) is 5.91 Å². The van der Waals surface area contributed by atoms with E-state index in [-0.39, 0.29) is 37.0 Å². The van der Waals surface area contributed by atoms with Crippen molar-refractivity contribution < 1.29 is 27.8 Å². The highest BCUT2D eigenvalue weighted by molar-refractivity contribution is 5.94. The number of pyridine rings is 1. The molecule has 1 aromatic rings. The van der Waals surface area contributed by atoms with Crippen molar-refractivity contribution in [2.24, 2.45) is 17.6 Å². The Labute approximate surface area is 162 Å². The van der Waals surface area contributed by atoms with E-state index in [0.29, 0.717) is 36.1 Å². The first-order valence-corrected chi connectivity index (χ1v) is 9.45. The van der Waals surface area contributed by atoms with Crippen molar-refractivity contribution in [1.82, 2.24) is 4.98 Å². The summed E-state index contributed by atoms with van der Waals surface area (Å²) in [5.74, 6) is -1.86. The van der Waals surface area contributed by atoms with Crippen LogP contribution in [0.2, 0.25) is 0 Å². The van der Waals surface area contributed by atoms with Crippen LogP contribution in [0.5, 0.6) is 5.75 Å². The highest BCUT2D eigenvalue weighted by Gasteiger charge is 2.41. The van der Waals surface area contributed by atoms with Crippen LogP contribution in [0, 0.1) is 11.8 Å². The average Bonchev–Trinajstić information content (AvgIpc) is 2.66. The lowest BCUT2D eigenvalue weighted by molar-refractivity contribution is -0.183. The summed E-state index contributed by atoms with van der Waals surface area (Å²) in [6.07, 6.45) is 2.56. The lowest BCUT2D eigenvalue weighted by Crippen LogP contribution is -2.27. The summed E-state index contributed by atoms with van der Waals surface area (Å²) in [5.41, 5.74) is 6.63. The van der Waals surface area contributed by atoms with Crippen LogP contribution in [0.4, 0.5) is 13.2 Å². The maximum atomic E-state index is 12.8. The van der Waals surface area contributed by atoms with Crippen molar-refractivity contribution in [3.05, 3.63) is 29.1 Å². The molecule has 8 heteroatoms. The van der Waals surface area contributed by atoms with Gasteiger partial charge in [0.05, 0.1) is 25.8 Å². The number of nitrogens with zero attached hydrogens (tertiary/aromatic N) is 1. The monoisotopic (exact) mass is 400 g/mol. The average molecular weight is 400 g/mol. The first kappa shape index (κ1) is 22.2. The molecule has 0 aliphatic heterocycles. The molecule has 1 aliphatic rings. The number of methoxy groups -OCH3 is 1. The molecule has 28 heavy (non-hydrogen) atoms. The number of hydrogen-bond donors (Lipinski definition) is 2. The van der Waals surface area contributed by atoms with Crippen LogP contribution < -0.4 is 10.5 Å². The van der Waals surface area contributed by atoms with E-state index in [1.165, 1.54) is 13.3 Å². The van der Waals surface area contributed by atoms with Crippen molar-refractivity contribution in [3.8, 4) is 5.75 Å². The largest absolute Gasteiger partial charge is 0.495 e. The van der Waals surface area contributed by atoms with Crippen LogP contribution in [0.1, 0.15) is 66.6 Å². The van der Waals surface area contributed by atoms with E-state index in [4.69, 9.17) is 10.5 Å². The third kappa shape index (κ3) is 5.04. The van der Waals surface area contributed by atoms with Crippen molar-refractivity contribution in [2.75, 3.05) is 13.7 Å². The summed E-state index contributed by atoms with van der Waals surface area (Å²) in [6.45, 7) is 1.68. The van der Waals surface area contributed by atoms with Gasteiger partial charge in [0, 0.05) is 11.5 Å². The smallest absolute Gasteiger partial charge is 0.391 e. The van der Waals surface area contributed by atoms with Gasteiger partial charge < -0.3 is 15.6 Å². The zero-order chi connectivity index (χ0) is 20.9. The number of aliphatic hydroxyl groups excluding tert-OH is 1. The van der Waals surface area contributed by atoms with Gasteiger partial charge in [-0.15, -0.1) is 0 Å². The van der Waals surface area contributed by atoms with Gasteiger partial charge in [0.2, 0.25) is 0 Å². The number of carbonyl (C=O) groups excluding carboxylic acids is 1. The predicted octanol–water partition coefficient (Wildman–Crippen LogP) is 4.06. The Morgan fingerprint density at radius 1 is 1.39 bits per heavy atom. The molecule has 5 nitrogen and oxygen atoms in total. The Bertz CT molecular complexity index is 707. The number of primary amides is 1. The van der Waals surface area contributed by atoms with Gasteiger partial charge in [-0.2, -0.15) is 13.2 Å². The number of allylic oxidation sites excluding steroid dienone is 1. The molecule has 1 heterocycles. The number of hydrogen-bond acceptors (Lipinski definition) is 4. The Morgan fingerprint density at radius 3 is 2.50 bits per heavy atom. The number of nitrogens with two attached hydrogens (primary N) is 1. The quantitative estimate of drug-likeness (QED) is 0.723. The van der Waals surface area contributed by atoms with Crippen molar-refractivity contribution in [3.63, 3.8) is 0 Å². The fraction of sp³-hybridized carbons (Fsp3) is 0.600. The zero-order valence-corrected chi connectivity index (χ0v) is 16.1. The van der Waals surface area contributed by atoms with Crippen molar-refractivity contribution in [1.29, 1.82) is 0 Å². The number of ether oxygens (including phenoxy) is 1. The first-order valence-electron chi connectivity index (χ1n) is 9.45. The summed E-state index contributed by atoms with van der Waals surface area (Å²) in [6, 6.07) is 0. The molecule has 1 aliphatic carbocycles. The predicted molar refractivity (Wildman–Crippen MR) is 100.0 cm³/mol. The lowest BCUT2D eigenvalue weighted by Gasteiger charge is -2.28. The van der Waals surface area contributed by atoms with Gasteiger partial charge in [0.15, 0.2) is 0 Å². The molecule has 1 aromatic heterocycles. The second-order valence-electron chi connectivity index (χ2n) is 7.17. The van der Waals surface area contributed by atoms with E-state index in [0.717, 1.165) is 0 Å². The molecule has 0 saturated heterocycles. The molecule has 1 amide bonds. The second kappa shape index (κ2) is 9.41. The van der Waals surface area contributed by atoms with E-state index < -0.39 is 18.0 Å². The molecule has 0 unspecified atom stereocenters. The van der Waals surface area contributed by atoms with Crippen LogP contribution in [0.15, 0.2) is 12.3 Å². The zero-order valence-electron chi connectivity index (χ0n) is 16.1. The second-order valence-corrected chi connectivity index (χ2v) is 7.17. The van der Waals surface area contributed by atoms with Gasteiger partial charge in [0.1, 0.15) is 11.4 Å². The van der Waals surface area contributed by atoms with E-state index in [2.05, 4.69) is 4.98 Å². The molecule has 1 saturated carbocycles. The number of aromatic nitrogens is 1. The summed E-state index contributed by atoms with van der Waals surface area (Å²) in [4.78, 5) is 15.9.